The Balaban J connectivity index is 1.73. The summed E-state index contributed by atoms with van der Waals surface area (Å²) in [5.41, 5.74) is 2.11. The van der Waals surface area contributed by atoms with Crippen molar-refractivity contribution < 1.29 is 13.9 Å². The molecule has 134 valence electrons. The third-order valence-electron chi connectivity index (χ3n) is 3.75. The number of rotatable bonds is 6. The first-order valence-corrected chi connectivity index (χ1v) is 8.51. The van der Waals surface area contributed by atoms with E-state index in [2.05, 4.69) is 5.10 Å². The number of benzene rings is 2. The largest absolute Gasteiger partial charge is 0.462 e. The van der Waals surface area contributed by atoms with E-state index in [0.717, 1.165) is 11.1 Å². The van der Waals surface area contributed by atoms with E-state index in [1.54, 1.807) is 37.3 Å². The van der Waals surface area contributed by atoms with Gasteiger partial charge in [0.25, 0.3) is 0 Å². The Morgan fingerprint density at radius 1 is 1.19 bits per heavy atom. The van der Waals surface area contributed by atoms with Gasteiger partial charge in [0.2, 0.25) is 5.89 Å². The van der Waals surface area contributed by atoms with Crippen molar-refractivity contribution in [2.75, 3.05) is 6.61 Å². The lowest BCUT2D eigenvalue weighted by atomic mass is 10.1. The lowest BCUT2D eigenvalue weighted by Gasteiger charge is -2.03. The van der Waals surface area contributed by atoms with Crippen LogP contribution in [-0.4, -0.2) is 22.4 Å². The molecule has 2 aromatic carbocycles. The van der Waals surface area contributed by atoms with Gasteiger partial charge in [0.15, 0.2) is 0 Å². The van der Waals surface area contributed by atoms with Gasteiger partial charge in [-0.05, 0) is 36.2 Å². The molecule has 26 heavy (non-hydrogen) atoms. The topological polar surface area (TPSA) is 74.3 Å². The number of nitrogens with zero attached hydrogens (tertiary/aromatic N) is 2. The monoisotopic (exact) mass is 372 g/mol. The highest BCUT2D eigenvalue weighted by atomic mass is 35.5. The van der Waals surface area contributed by atoms with Crippen molar-refractivity contribution in [1.82, 2.24) is 9.78 Å². The fourth-order valence-corrected chi connectivity index (χ4v) is 2.66. The average molecular weight is 373 g/mol. The average Bonchev–Trinajstić information content (AvgIpc) is 2.97. The van der Waals surface area contributed by atoms with E-state index in [0.29, 0.717) is 29.5 Å². The van der Waals surface area contributed by atoms with Crippen LogP contribution in [0.5, 0.6) is 0 Å². The van der Waals surface area contributed by atoms with Crippen LogP contribution in [0, 0.1) is 0 Å². The quantitative estimate of drug-likeness (QED) is 0.620. The van der Waals surface area contributed by atoms with Crippen molar-refractivity contribution in [2.24, 2.45) is 0 Å². The standard InChI is InChI=1S/C19H17ClN2O4/c1-2-25-18(23)14-9-7-13(8-10-14)12-22-19(24)26-17(21-22)11-15-5-3-4-6-16(15)20/h3-10H,2,11-12H2,1H3. The molecule has 0 radical (unpaired) electrons. The maximum Gasteiger partial charge on any atom is 0.437 e. The Morgan fingerprint density at radius 3 is 2.62 bits per heavy atom. The minimum Gasteiger partial charge on any atom is -0.462 e. The summed E-state index contributed by atoms with van der Waals surface area (Å²) in [6, 6.07) is 14.1. The van der Waals surface area contributed by atoms with Crippen LogP contribution in [0.2, 0.25) is 5.02 Å². The lowest BCUT2D eigenvalue weighted by Crippen LogP contribution is -2.16. The van der Waals surface area contributed by atoms with Gasteiger partial charge in [0, 0.05) is 5.02 Å². The zero-order valence-electron chi connectivity index (χ0n) is 14.1. The SMILES string of the molecule is CCOC(=O)c1ccc(Cn2nc(Cc3ccccc3Cl)oc2=O)cc1. The molecule has 0 aliphatic heterocycles. The molecule has 3 aromatic rings. The maximum absolute atomic E-state index is 12.0. The molecule has 0 fully saturated rings. The molecule has 0 N–H and O–H groups in total. The molecule has 3 rings (SSSR count). The van der Waals surface area contributed by atoms with Crippen molar-refractivity contribution >= 4 is 17.6 Å². The summed E-state index contributed by atoms with van der Waals surface area (Å²) in [6.07, 6.45) is 0.337. The van der Waals surface area contributed by atoms with Crippen molar-refractivity contribution in [2.45, 2.75) is 19.9 Å². The Hall–Kier alpha value is -2.86. The Kier molecular flexibility index (Phi) is 5.53. The number of carbonyl (C=O) groups excluding carboxylic acids is 1. The number of hydrogen-bond acceptors (Lipinski definition) is 5. The van der Waals surface area contributed by atoms with Gasteiger partial charge in [-0.15, -0.1) is 5.10 Å². The molecule has 6 nitrogen and oxygen atoms in total. The van der Waals surface area contributed by atoms with E-state index in [1.807, 2.05) is 18.2 Å². The number of hydrogen-bond donors (Lipinski definition) is 0. The molecule has 0 aliphatic rings. The van der Waals surface area contributed by atoms with Gasteiger partial charge in [0.1, 0.15) is 0 Å². The van der Waals surface area contributed by atoms with Crippen LogP contribution in [0.25, 0.3) is 0 Å². The first-order chi connectivity index (χ1) is 12.6. The zero-order valence-corrected chi connectivity index (χ0v) is 14.9. The minimum atomic E-state index is -0.540. The second kappa shape index (κ2) is 8.01. The Morgan fingerprint density at radius 2 is 1.92 bits per heavy atom. The lowest BCUT2D eigenvalue weighted by molar-refractivity contribution is 0.0526. The third-order valence-corrected chi connectivity index (χ3v) is 4.11. The van der Waals surface area contributed by atoms with Crippen LogP contribution in [0.4, 0.5) is 0 Å². The molecular formula is C19H17ClN2O4. The van der Waals surface area contributed by atoms with Crippen LogP contribution in [0.3, 0.4) is 0 Å². The van der Waals surface area contributed by atoms with Gasteiger partial charge < -0.3 is 9.15 Å². The Labute approximate surface area is 155 Å². The summed E-state index contributed by atoms with van der Waals surface area (Å²) >= 11 is 6.12. The number of carbonyl (C=O) groups is 1. The smallest absolute Gasteiger partial charge is 0.437 e. The van der Waals surface area contributed by atoms with Gasteiger partial charge in [-0.2, -0.15) is 4.68 Å². The first kappa shape index (κ1) is 17.9. The van der Waals surface area contributed by atoms with E-state index in [9.17, 15) is 9.59 Å². The summed E-state index contributed by atoms with van der Waals surface area (Å²) in [5.74, 6) is -0.618. The second-order valence-corrected chi connectivity index (χ2v) is 6.01. The van der Waals surface area contributed by atoms with Gasteiger partial charge in [-0.1, -0.05) is 41.9 Å². The number of esters is 1. The van der Waals surface area contributed by atoms with Crippen LogP contribution in [0.15, 0.2) is 57.7 Å². The predicted octanol–water partition coefficient (Wildman–Crippen LogP) is 3.31. The zero-order chi connectivity index (χ0) is 18.5. The maximum atomic E-state index is 12.0. The molecule has 0 amide bonds. The van der Waals surface area contributed by atoms with E-state index < -0.39 is 5.76 Å². The number of aromatic nitrogens is 2. The fourth-order valence-electron chi connectivity index (χ4n) is 2.46. The second-order valence-electron chi connectivity index (χ2n) is 5.60. The van der Waals surface area contributed by atoms with Crippen molar-refractivity contribution in [3.8, 4) is 0 Å². The summed E-state index contributed by atoms with van der Waals surface area (Å²) in [5, 5.41) is 4.81. The minimum absolute atomic E-state index is 0.244. The highest BCUT2D eigenvalue weighted by molar-refractivity contribution is 6.31. The van der Waals surface area contributed by atoms with Gasteiger partial charge in [0.05, 0.1) is 25.1 Å². The highest BCUT2D eigenvalue weighted by Gasteiger charge is 2.12. The molecule has 0 atom stereocenters. The summed E-state index contributed by atoms with van der Waals surface area (Å²) in [7, 11) is 0. The fraction of sp³-hybridized carbons (Fsp3) is 0.211. The first-order valence-electron chi connectivity index (χ1n) is 8.13. The number of ether oxygens (including phenoxy) is 1. The highest BCUT2D eigenvalue weighted by Crippen LogP contribution is 2.17. The van der Waals surface area contributed by atoms with Crippen LogP contribution in [-0.2, 0) is 17.7 Å². The molecule has 1 heterocycles. The normalized spacial score (nSPS) is 10.7. The van der Waals surface area contributed by atoms with Crippen molar-refractivity contribution in [3.05, 3.63) is 86.7 Å². The van der Waals surface area contributed by atoms with Gasteiger partial charge in [-0.3, -0.25) is 0 Å². The molecule has 0 aliphatic carbocycles. The Bertz CT molecular complexity index is 960. The molecule has 0 saturated heterocycles. The van der Waals surface area contributed by atoms with Crippen molar-refractivity contribution in [1.29, 1.82) is 0 Å². The third kappa shape index (κ3) is 4.21. The van der Waals surface area contributed by atoms with Gasteiger partial charge in [-0.25, -0.2) is 9.59 Å². The molecule has 0 unspecified atom stereocenters. The molecule has 0 bridgehead atoms. The van der Waals surface area contributed by atoms with E-state index in [-0.39, 0.29) is 12.5 Å². The molecule has 1 aromatic heterocycles. The van der Waals surface area contributed by atoms with E-state index in [1.165, 1.54) is 4.68 Å². The molecule has 7 heteroatoms. The van der Waals surface area contributed by atoms with E-state index in [4.69, 9.17) is 20.8 Å². The summed E-state index contributed by atoms with van der Waals surface area (Å²) in [6.45, 7) is 2.32. The predicted molar refractivity (Wildman–Crippen MR) is 96.5 cm³/mol. The molecule has 0 spiro atoms. The van der Waals surface area contributed by atoms with Crippen LogP contribution < -0.4 is 5.76 Å². The van der Waals surface area contributed by atoms with Gasteiger partial charge >= 0.3 is 11.7 Å². The number of halogens is 1. The molecular weight excluding hydrogens is 356 g/mol. The summed E-state index contributed by atoms with van der Waals surface area (Å²) in [4.78, 5) is 23.7. The van der Waals surface area contributed by atoms with Crippen molar-refractivity contribution in [3.63, 3.8) is 0 Å². The summed E-state index contributed by atoms with van der Waals surface area (Å²) < 4.78 is 11.4. The van der Waals surface area contributed by atoms with Crippen LogP contribution >= 0.6 is 11.6 Å². The molecule has 0 saturated carbocycles. The van der Waals surface area contributed by atoms with Crippen LogP contribution in [0.1, 0.15) is 34.3 Å². The van der Waals surface area contributed by atoms with E-state index >= 15 is 0 Å².